The fraction of sp³-hybridized carbons (Fsp3) is 0.304. The molecule has 1 aliphatic heterocycles. The number of nitro groups is 1. The molecule has 0 saturated carbocycles. The Morgan fingerprint density at radius 3 is 2.17 bits per heavy atom. The van der Waals surface area contributed by atoms with Gasteiger partial charge in [-0.15, -0.1) is 10.2 Å². The molecule has 5 rings (SSSR count). The lowest BCUT2D eigenvalue weighted by Crippen LogP contribution is -2.45. The standard InChI is InChI=1S/C23H23N7O5/c1-33-19-8-4-16(5-9-19)22-24-20(35-27-22)14-28-10-12-29(13-11-28)15-21-25-26-23(34-21)17-2-6-18(7-3-17)30(31)32/h2-9H,10-15H2,1H3. The smallest absolute Gasteiger partial charge is 0.269 e. The van der Waals surface area contributed by atoms with Crippen LogP contribution in [0, 0.1) is 10.1 Å². The summed E-state index contributed by atoms with van der Waals surface area (Å²) in [5.74, 6) is 2.76. The molecule has 1 aliphatic rings. The summed E-state index contributed by atoms with van der Waals surface area (Å²) in [6.07, 6.45) is 0. The van der Waals surface area contributed by atoms with Gasteiger partial charge in [0.1, 0.15) is 5.75 Å². The molecule has 12 nitrogen and oxygen atoms in total. The molecule has 1 saturated heterocycles. The minimum atomic E-state index is -0.443. The third-order valence-corrected chi connectivity index (χ3v) is 5.79. The molecular formula is C23H23N7O5. The van der Waals surface area contributed by atoms with E-state index in [0.29, 0.717) is 42.1 Å². The molecular weight excluding hydrogens is 454 g/mol. The lowest BCUT2D eigenvalue weighted by molar-refractivity contribution is -0.384. The number of nitrogens with zero attached hydrogens (tertiary/aromatic N) is 7. The largest absolute Gasteiger partial charge is 0.497 e. The van der Waals surface area contributed by atoms with Crippen molar-refractivity contribution in [3.8, 4) is 28.6 Å². The van der Waals surface area contributed by atoms with Gasteiger partial charge in [0, 0.05) is 49.4 Å². The summed E-state index contributed by atoms with van der Waals surface area (Å²) in [6.45, 7) is 4.45. The van der Waals surface area contributed by atoms with Crippen molar-refractivity contribution in [2.75, 3.05) is 33.3 Å². The molecule has 12 heteroatoms. The minimum Gasteiger partial charge on any atom is -0.497 e. The van der Waals surface area contributed by atoms with Gasteiger partial charge in [0.05, 0.1) is 25.1 Å². The maximum absolute atomic E-state index is 10.8. The van der Waals surface area contributed by atoms with Crippen LogP contribution in [0.3, 0.4) is 0 Å². The number of ether oxygens (including phenoxy) is 1. The van der Waals surface area contributed by atoms with E-state index in [2.05, 4.69) is 30.1 Å². The quantitative estimate of drug-likeness (QED) is 0.273. The van der Waals surface area contributed by atoms with Gasteiger partial charge >= 0.3 is 0 Å². The molecule has 2 aromatic heterocycles. The van der Waals surface area contributed by atoms with Crippen molar-refractivity contribution >= 4 is 5.69 Å². The number of nitro benzene ring substituents is 1. The first-order valence-corrected chi connectivity index (χ1v) is 11.1. The zero-order valence-corrected chi connectivity index (χ0v) is 19.0. The molecule has 0 radical (unpaired) electrons. The fourth-order valence-corrected chi connectivity index (χ4v) is 3.82. The average molecular weight is 477 g/mol. The molecule has 2 aromatic carbocycles. The normalized spacial score (nSPS) is 14.8. The number of methoxy groups -OCH3 is 1. The molecule has 0 bridgehead atoms. The highest BCUT2D eigenvalue weighted by atomic mass is 16.6. The monoisotopic (exact) mass is 477 g/mol. The number of benzene rings is 2. The van der Waals surface area contributed by atoms with E-state index in [4.69, 9.17) is 13.7 Å². The van der Waals surface area contributed by atoms with Crippen LogP contribution in [0.25, 0.3) is 22.8 Å². The number of piperazine rings is 1. The van der Waals surface area contributed by atoms with E-state index < -0.39 is 4.92 Å². The highest BCUT2D eigenvalue weighted by molar-refractivity contribution is 5.56. The number of non-ortho nitro benzene ring substituents is 1. The summed E-state index contributed by atoms with van der Waals surface area (Å²) in [4.78, 5) is 19.4. The predicted molar refractivity (Wildman–Crippen MR) is 123 cm³/mol. The maximum Gasteiger partial charge on any atom is 0.269 e. The van der Waals surface area contributed by atoms with Crippen LogP contribution < -0.4 is 4.74 Å². The number of hydrogen-bond donors (Lipinski definition) is 0. The second kappa shape index (κ2) is 9.99. The topological polar surface area (TPSA) is 137 Å². The highest BCUT2D eigenvalue weighted by Gasteiger charge is 2.21. The molecule has 0 aliphatic carbocycles. The van der Waals surface area contributed by atoms with Crippen LogP contribution in [-0.4, -0.2) is 68.3 Å². The number of aromatic nitrogens is 4. The maximum atomic E-state index is 10.8. The molecule has 1 fully saturated rings. The number of hydrogen-bond acceptors (Lipinski definition) is 11. The van der Waals surface area contributed by atoms with Gasteiger partial charge < -0.3 is 13.7 Å². The van der Waals surface area contributed by atoms with Gasteiger partial charge in [0.2, 0.25) is 23.5 Å². The molecule has 180 valence electrons. The molecule has 35 heavy (non-hydrogen) atoms. The third kappa shape index (κ3) is 5.34. The van der Waals surface area contributed by atoms with Gasteiger partial charge in [-0.1, -0.05) is 5.16 Å². The van der Waals surface area contributed by atoms with Crippen molar-refractivity contribution in [2.45, 2.75) is 13.1 Å². The van der Waals surface area contributed by atoms with Crippen LogP contribution >= 0.6 is 0 Å². The Kier molecular flexibility index (Phi) is 6.46. The van der Waals surface area contributed by atoms with Crippen LogP contribution in [0.1, 0.15) is 11.8 Å². The van der Waals surface area contributed by atoms with Crippen LogP contribution in [0.4, 0.5) is 5.69 Å². The second-order valence-electron chi connectivity index (χ2n) is 8.10. The Hall–Kier alpha value is -4.16. The van der Waals surface area contributed by atoms with Gasteiger partial charge in [-0.25, -0.2) is 0 Å². The lowest BCUT2D eigenvalue weighted by atomic mass is 10.2. The van der Waals surface area contributed by atoms with Crippen molar-refractivity contribution in [2.24, 2.45) is 0 Å². The Bertz CT molecular complexity index is 1280. The van der Waals surface area contributed by atoms with Crippen molar-refractivity contribution in [3.63, 3.8) is 0 Å². The van der Waals surface area contributed by atoms with Crippen LogP contribution in [0.5, 0.6) is 5.75 Å². The highest BCUT2D eigenvalue weighted by Crippen LogP contribution is 2.23. The zero-order valence-electron chi connectivity index (χ0n) is 19.0. The summed E-state index contributed by atoms with van der Waals surface area (Å²) >= 11 is 0. The lowest BCUT2D eigenvalue weighted by Gasteiger charge is -2.32. The molecule has 3 heterocycles. The van der Waals surface area contributed by atoms with Crippen molar-refractivity contribution in [1.82, 2.24) is 30.1 Å². The third-order valence-electron chi connectivity index (χ3n) is 5.79. The van der Waals surface area contributed by atoms with E-state index >= 15 is 0 Å². The van der Waals surface area contributed by atoms with Gasteiger partial charge in [0.15, 0.2) is 0 Å². The van der Waals surface area contributed by atoms with Crippen LogP contribution in [-0.2, 0) is 13.1 Å². The molecule has 0 amide bonds. The summed E-state index contributed by atoms with van der Waals surface area (Å²) in [6, 6.07) is 13.6. The molecule has 0 atom stereocenters. The van der Waals surface area contributed by atoms with Gasteiger partial charge in [0.25, 0.3) is 5.69 Å². The van der Waals surface area contributed by atoms with Crippen molar-refractivity contribution in [3.05, 3.63) is 70.4 Å². The summed E-state index contributed by atoms with van der Waals surface area (Å²) in [7, 11) is 1.63. The summed E-state index contributed by atoms with van der Waals surface area (Å²) in [5.41, 5.74) is 1.54. The first kappa shape index (κ1) is 22.6. The molecule has 0 spiro atoms. The van der Waals surface area contributed by atoms with E-state index in [1.165, 1.54) is 12.1 Å². The number of rotatable bonds is 8. The van der Waals surface area contributed by atoms with Gasteiger partial charge in [-0.3, -0.25) is 19.9 Å². The van der Waals surface area contributed by atoms with Crippen LogP contribution in [0.2, 0.25) is 0 Å². The van der Waals surface area contributed by atoms with Crippen LogP contribution in [0.15, 0.2) is 57.5 Å². The van der Waals surface area contributed by atoms with E-state index in [9.17, 15) is 10.1 Å². The second-order valence-corrected chi connectivity index (χ2v) is 8.10. The minimum absolute atomic E-state index is 0.0174. The fourth-order valence-electron chi connectivity index (χ4n) is 3.82. The predicted octanol–water partition coefficient (Wildman–Crippen LogP) is 3.02. The molecule has 0 unspecified atom stereocenters. The Morgan fingerprint density at radius 1 is 0.914 bits per heavy atom. The first-order chi connectivity index (χ1) is 17.1. The molecule has 4 aromatic rings. The SMILES string of the molecule is COc1ccc(-c2noc(CN3CCN(Cc4nnc(-c5ccc([N+](=O)[O-])cc5)o4)CC3)n2)cc1. The van der Waals surface area contributed by atoms with Gasteiger partial charge in [-0.2, -0.15) is 4.98 Å². The average Bonchev–Trinajstić information content (AvgIpc) is 3.55. The summed E-state index contributed by atoms with van der Waals surface area (Å²) in [5, 5.41) is 23.1. The van der Waals surface area contributed by atoms with E-state index in [1.54, 1.807) is 19.2 Å². The van der Waals surface area contributed by atoms with E-state index in [-0.39, 0.29) is 5.69 Å². The van der Waals surface area contributed by atoms with Gasteiger partial charge in [-0.05, 0) is 36.4 Å². The first-order valence-electron chi connectivity index (χ1n) is 11.1. The molecule has 0 N–H and O–H groups in total. The van der Waals surface area contributed by atoms with Crippen molar-refractivity contribution < 1.29 is 18.6 Å². The van der Waals surface area contributed by atoms with E-state index in [1.807, 2.05) is 24.3 Å². The Labute approximate surface area is 200 Å². The van der Waals surface area contributed by atoms with E-state index in [0.717, 1.165) is 37.5 Å². The van der Waals surface area contributed by atoms with Crippen molar-refractivity contribution in [1.29, 1.82) is 0 Å². The summed E-state index contributed by atoms with van der Waals surface area (Å²) < 4.78 is 16.4. The zero-order chi connectivity index (χ0) is 24.2. The Morgan fingerprint density at radius 2 is 1.54 bits per heavy atom. The Balaban J connectivity index is 1.12.